The van der Waals surface area contributed by atoms with Crippen LogP contribution in [0, 0.1) is 0 Å². The van der Waals surface area contributed by atoms with Crippen LogP contribution in [0.4, 0.5) is 0 Å². The predicted molar refractivity (Wildman–Crippen MR) is 78.7 cm³/mol. The highest BCUT2D eigenvalue weighted by Gasteiger charge is 2.23. The van der Waals surface area contributed by atoms with E-state index in [2.05, 4.69) is 30.9 Å². The second-order valence-corrected chi connectivity index (χ2v) is 6.04. The minimum absolute atomic E-state index is 0.828. The number of hydrogen-bond acceptors (Lipinski definition) is 3. The molecule has 0 saturated carbocycles. The van der Waals surface area contributed by atoms with Crippen molar-refractivity contribution in [2.75, 3.05) is 27.7 Å². The molecule has 0 N–H and O–H groups in total. The molecule has 4 heteroatoms. The number of nitrogens with zero attached hydrogens (tertiary/aromatic N) is 2. The molecule has 0 spiro atoms. The van der Waals surface area contributed by atoms with Gasteiger partial charge < -0.3 is 14.2 Å². The fourth-order valence-corrected chi connectivity index (χ4v) is 3.08. The molecule has 102 valence electrons. The van der Waals surface area contributed by atoms with Crippen LogP contribution in [0.5, 0.6) is 0 Å². The smallest absolute Gasteiger partial charge is 0.135 e. The number of hydrogen-bond donors (Lipinski definition) is 0. The molecule has 2 aromatic rings. The zero-order chi connectivity index (χ0) is 13.6. The van der Waals surface area contributed by atoms with E-state index >= 15 is 0 Å². The lowest BCUT2D eigenvalue weighted by atomic mass is 10.0. The van der Waals surface area contributed by atoms with Crippen molar-refractivity contribution in [3.8, 4) is 0 Å². The van der Waals surface area contributed by atoms with Gasteiger partial charge in [0.15, 0.2) is 0 Å². The lowest BCUT2D eigenvalue weighted by molar-refractivity contribution is 0.319. The van der Waals surface area contributed by atoms with Crippen LogP contribution in [0.15, 0.2) is 16.5 Å². The van der Waals surface area contributed by atoms with Crippen molar-refractivity contribution in [2.45, 2.75) is 19.5 Å². The summed E-state index contributed by atoms with van der Waals surface area (Å²) in [5.41, 5.74) is 3.52. The summed E-state index contributed by atoms with van der Waals surface area (Å²) in [7, 11) is 6.28. The third-order valence-electron chi connectivity index (χ3n) is 3.72. The van der Waals surface area contributed by atoms with Crippen LogP contribution in [-0.4, -0.2) is 37.5 Å². The van der Waals surface area contributed by atoms with Crippen LogP contribution < -0.4 is 0 Å². The van der Waals surface area contributed by atoms with Gasteiger partial charge in [-0.2, -0.15) is 0 Å². The highest BCUT2D eigenvalue weighted by Crippen LogP contribution is 2.36. The van der Waals surface area contributed by atoms with Gasteiger partial charge in [0.25, 0.3) is 0 Å². The van der Waals surface area contributed by atoms with Crippen LogP contribution in [-0.2, 0) is 19.5 Å². The Morgan fingerprint density at radius 1 is 1.32 bits per heavy atom. The Morgan fingerprint density at radius 3 is 2.84 bits per heavy atom. The van der Waals surface area contributed by atoms with Crippen LogP contribution >= 0.6 is 11.6 Å². The molecule has 1 aromatic heterocycles. The Balaban J connectivity index is 2.24. The lowest BCUT2D eigenvalue weighted by Crippen LogP contribution is -2.20. The van der Waals surface area contributed by atoms with E-state index in [0.717, 1.165) is 42.4 Å². The summed E-state index contributed by atoms with van der Waals surface area (Å²) in [6, 6.07) is 3.95. The minimum Gasteiger partial charge on any atom is -0.459 e. The van der Waals surface area contributed by atoms with Gasteiger partial charge in [0.05, 0.1) is 6.54 Å². The summed E-state index contributed by atoms with van der Waals surface area (Å²) in [5, 5.41) is 2.11. The quantitative estimate of drug-likeness (QED) is 0.841. The second-order valence-electron chi connectivity index (χ2n) is 5.63. The molecule has 3 nitrogen and oxygen atoms in total. The molecule has 0 bridgehead atoms. The van der Waals surface area contributed by atoms with Crippen molar-refractivity contribution in [2.24, 2.45) is 0 Å². The van der Waals surface area contributed by atoms with Crippen molar-refractivity contribution in [3.63, 3.8) is 0 Å². The number of furan rings is 1. The van der Waals surface area contributed by atoms with Crippen molar-refractivity contribution >= 4 is 22.6 Å². The number of likely N-dealkylation sites (N-methyl/N-ethyl adjacent to an activating group) is 1. The Labute approximate surface area is 118 Å². The fourth-order valence-electron chi connectivity index (χ4n) is 2.83. The number of rotatable bonds is 2. The average Bonchev–Trinajstić information content (AvgIpc) is 2.55. The molecule has 0 unspecified atom stereocenters. The molecule has 0 amide bonds. The molecule has 0 atom stereocenters. The topological polar surface area (TPSA) is 19.6 Å². The standard InChI is InChI=1S/C15H19ClN2O/c1-17(2)9-14-11-8-18(3)7-6-10-12(16)4-5-13(19-14)15(10)11/h4-5H,6-9H2,1-3H3. The van der Waals surface area contributed by atoms with E-state index in [1.54, 1.807) is 0 Å². The Kier molecular flexibility index (Phi) is 3.29. The van der Waals surface area contributed by atoms with Gasteiger partial charge in [-0.15, -0.1) is 0 Å². The van der Waals surface area contributed by atoms with Crippen LogP contribution in [0.1, 0.15) is 16.9 Å². The highest BCUT2D eigenvalue weighted by atomic mass is 35.5. The van der Waals surface area contributed by atoms with E-state index in [1.165, 1.54) is 16.5 Å². The van der Waals surface area contributed by atoms with Gasteiger partial charge in [0.2, 0.25) is 0 Å². The van der Waals surface area contributed by atoms with E-state index in [4.69, 9.17) is 16.0 Å². The van der Waals surface area contributed by atoms with Gasteiger partial charge in [0.1, 0.15) is 11.3 Å². The third-order valence-corrected chi connectivity index (χ3v) is 4.07. The van der Waals surface area contributed by atoms with Crippen LogP contribution in [0.2, 0.25) is 5.02 Å². The maximum Gasteiger partial charge on any atom is 0.135 e. The first-order valence-electron chi connectivity index (χ1n) is 6.61. The molecular weight excluding hydrogens is 260 g/mol. The molecule has 0 fully saturated rings. The van der Waals surface area contributed by atoms with Gasteiger partial charge in [0, 0.05) is 29.1 Å². The van der Waals surface area contributed by atoms with Gasteiger partial charge in [-0.05, 0) is 45.3 Å². The molecule has 0 saturated heterocycles. The third kappa shape index (κ3) is 2.27. The van der Waals surface area contributed by atoms with Crippen molar-refractivity contribution in [3.05, 3.63) is 34.0 Å². The second kappa shape index (κ2) is 4.82. The average molecular weight is 279 g/mol. The molecule has 1 aliphatic heterocycles. The van der Waals surface area contributed by atoms with E-state index in [-0.39, 0.29) is 0 Å². The van der Waals surface area contributed by atoms with Crippen LogP contribution in [0.3, 0.4) is 0 Å². The lowest BCUT2D eigenvalue weighted by Gasteiger charge is -2.14. The highest BCUT2D eigenvalue weighted by molar-refractivity contribution is 6.32. The van der Waals surface area contributed by atoms with Crippen LogP contribution in [0.25, 0.3) is 11.0 Å². The van der Waals surface area contributed by atoms with E-state index in [1.807, 2.05) is 12.1 Å². The zero-order valence-electron chi connectivity index (χ0n) is 11.7. The molecule has 3 rings (SSSR count). The molecule has 1 aliphatic rings. The summed E-state index contributed by atoms with van der Waals surface area (Å²) in [6.07, 6.45) is 0.987. The maximum absolute atomic E-state index is 6.37. The SMILES string of the molecule is CN(C)Cc1oc2ccc(Cl)c3c2c1CN(C)CC3. The fraction of sp³-hybridized carbons (Fsp3) is 0.467. The summed E-state index contributed by atoms with van der Waals surface area (Å²) in [6.45, 7) is 2.80. The zero-order valence-corrected chi connectivity index (χ0v) is 12.4. The summed E-state index contributed by atoms with van der Waals surface area (Å²) >= 11 is 6.37. The molecule has 0 radical (unpaired) electrons. The summed E-state index contributed by atoms with van der Waals surface area (Å²) in [5.74, 6) is 1.07. The Morgan fingerprint density at radius 2 is 2.11 bits per heavy atom. The minimum atomic E-state index is 0.828. The van der Waals surface area contributed by atoms with Crippen molar-refractivity contribution in [1.29, 1.82) is 0 Å². The predicted octanol–water partition coefficient (Wildman–Crippen LogP) is 3.14. The van der Waals surface area contributed by atoms with Gasteiger partial charge in [-0.3, -0.25) is 0 Å². The first kappa shape index (κ1) is 13.0. The first-order valence-corrected chi connectivity index (χ1v) is 6.99. The summed E-state index contributed by atoms with van der Waals surface area (Å²) < 4.78 is 6.05. The normalized spacial score (nSPS) is 16.3. The Bertz CT molecular complexity index is 618. The first-order chi connectivity index (χ1) is 9.06. The monoisotopic (exact) mass is 278 g/mol. The number of halogens is 1. The summed E-state index contributed by atoms with van der Waals surface area (Å²) in [4.78, 5) is 4.47. The van der Waals surface area contributed by atoms with Gasteiger partial charge in [-0.25, -0.2) is 0 Å². The molecule has 19 heavy (non-hydrogen) atoms. The number of benzene rings is 1. The molecule has 2 heterocycles. The van der Waals surface area contributed by atoms with E-state index in [9.17, 15) is 0 Å². The van der Waals surface area contributed by atoms with E-state index < -0.39 is 0 Å². The van der Waals surface area contributed by atoms with Crippen molar-refractivity contribution < 1.29 is 4.42 Å². The molecule has 0 aliphatic carbocycles. The van der Waals surface area contributed by atoms with Gasteiger partial charge >= 0.3 is 0 Å². The van der Waals surface area contributed by atoms with Crippen molar-refractivity contribution in [1.82, 2.24) is 9.80 Å². The Hall–Kier alpha value is -1.03. The van der Waals surface area contributed by atoms with E-state index in [0.29, 0.717) is 0 Å². The largest absolute Gasteiger partial charge is 0.459 e. The molecular formula is C15H19ClN2O. The van der Waals surface area contributed by atoms with Gasteiger partial charge in [-0.1, -0.05) is 11.6 Å². The maximum atomic E-state index is 6.37. The molecule has 1 aromatic carbocycles.